The van der Waals surface area contributed by atoms with Gasteiger partial charge in [0.25, 0.3) is 0 Å². The molecule has 0 radical (unpaired) electrons. The maximum Gasteiger partial charge on any atom is 0.322 e. The van der Waals surface area contributed by atoms with Crippen LogP contribution in [0.2, 0.25) is 0 Å². The fourth-order valence-electron chi connectivity index (χ4n) is 2.16. The molecule has 2 aromatic carbocycles. The number of methoxy groups -OCH3 is 1. The van der Waals surface area contributed by atoms with E-state index in [0.29, 0.717) is 11.3 Å². The maximum absolute atomic E-state index is 12.2. The average Bonchev–Trinajstić information content (AvgIpc) is 3.10. The van der Waals surface area contributed by atoms with Crippen molar-refractivity contribution in [1.82, 2.24) is 10.2 Å². The summed E-state index contributed by atoms with van der Waals surface area (Å²) < 4.78 is 34.8. The molecule has 3 rings (SSSR count). The molecule has 0 aliphatic heterocycles. The molecule has 1 aromatic heterocycles. The highest BCUT2D eigenvalue weighted by Crippen LogP contribution is 2.22. The minimum atomic E-state index is -3.75. The van der Waals surface area contributed by atoms with Gasteiger partial charge in [-0.05, 0) is 36.4 Å². The molecule has 0 fully saturated rings. The zero-order chi connectivity index (χ0) is 18.6. The number of nitrogens with one attached hydrogen (secondary N) is 1. The summed E-state index contributed by atoms with van der Waals surface area (Å²) in [6, 6.07) is 14.4. The smallest absolute Gasteiger partial charge is 0.322 e. The number of aromatic nitrogens is 2. The van der Waals surface area contributed by atoms with Gasteiger partial charge in [0.15, 0.2) is 9.84 Å². The largest absolute Gasteiger partial charge is 0.497 e. The molecule has 0 atom stereocenters. The normalized spacial score (nSPS) is 11.1. The van der Waals surface area contributed by atoms with Crippen molar-refractivity contribution in [3.8, 4) is 17.2 Å². The molecular formula is C17H15N3O5S. The summed E-state index contributed by atoms with van der Waals surface area (Å²) in [6.07, 6.45) is 0. The van der Waals surface area contributed by atoms with Gasteiger partial charge < -0.3 is 9.15 Å². The first-order chi connectivity index (χ1) is 12.5. The minimum Gasteiger partial charge on any atom is -0.497 e. The Kier molecular flexibility index (Phi) is 4.99. The number of anilines is 1. The Labute approximate surface area is 149 Å². The van der Waals surface area contributed by atoms with Gasteiger partial charge in [-0.3, -0.25) is 10.1 Å². The molecule has 1 heterocycles. The standard InChI is InChI=1S/C17H15N3O5S/c1-24-13-9-7-12(8-10-13)16-19-20-17(25-16)18-15(21)11-26(22,23)14-5-3-2-4-6-14/h2-10H,11H2,1H3,(H,18,20,21). The third-order valence-electron chi connectivity index (χ3n) is 3.43. The summed E-state index contributed by atoms with van der Waals surface area (Å²) >= 11 is 0. The first-order valence-corrected chi connectivity index (χ1v) is 9.19. The lowest BCUT2D eigenvalue weighted by atomic mass is 10.2. The second-order valence-electron chi connectivity index (χ2n) is 5.26. The van der Waals surface area contributed by atoms with Crippen molar-refractivity contribution in [2.24, 2.45) is 0 Å². The number of carbonyl (C=O) groups excluding carboxylic acids is 1. The van der Waals surface area contributed by atoms with Crippen molar-refractivity contribution in [2.75, 3.05) is 18.2 Å². The van der Waals surface area contributed by atoms with E-state index in [1.54, 1.807) is 49.6 Å². The summed E-state index contributed by atoms with van der Waals surface area (Å²) in [5.41, 5.74) is 0.635. The van der Waals surface area contributed by atoms with E-state index in [-0.39, 0.29) is 16.8 Å². The van der Waals surface area contributed by atoms with E-state index in [1.165, 1.54) is 12.1 Å². The molecule has 26 heavy (non-hydrogen) atoms. The van der Waals surface area contributed by atoms with Crippen molar-refractivity contribution in [3.63, 3.8) is 0 Å². The average molecular weight is 373 g/mol. The molecule has 0 aliphatic carbocycles. The van der Waals surface area contributed by atoms with Crippen LogP contribution >= 0.6 is 0 Å². The van der Waals surface area contributed by atoms with Gasteiger partial charge in [0, 0.05) is 5.56 Å². The highest BCUT2D eigenvalue weighted by molar-refractivity contribution is 7.92. The van der Waals surface area contributed by atoms with E-state index in [4.69, 9.17) is 9.15 Å². The van der Waals surface area contributed by atoms with E-state index in [9.17, 15) is 13.2 Å². The van der Waals surface area contributed by atoms with Crippen LogP contribution in [0.4, 0.5) is 6.01 Å². The van der Waals surface area contributed by atoms with Gasteiger partial charge in [-0.2, -0.15) is 0 Å². The molecule has 0 unspecified atom stereocenters. The third kappa shape index (κ3) is 4.06. The van der Waals surface area contributed by atoms with Crippen LogP contribution in [0.5, 0.6) is 5.75 Å². The zero-order valence-corrected chi connectivity index (χ0v) is 14.6. The van der Waals surface area contributed by atoms with Crippen LogP contribution in [0.25, 0.3) is 11.5 Å². The molecule has 0 bridgehead atoms. The number of rotatable bonds is 6. The van der Waals surface area contributed by atoms with Crippen LogP contribution in [-0.4, -0.2) is 37.4 Å². The molecular weight excluding hydrogens is 358 g/mol. The topological polar surface area (TPSA) is 111 Å². The molecule has 0 spiro atoms. The van der Waals surface area contributed by atoms with E-state index >= 15 is 0 Å². The minimum absolute atomic E-state index is 0.0691. The predicted octanol–water partition coefficient (Wildman–Crippen LogP) is 2.16. The Morgan fingerprint density at radius 3 is 2.42 bits per heavy atom. The van der Waals surface area contributed by atoms with Gasteiger partial charge in [-0.1, -0.05) is 23.3 Å². The highest BCUT2D eigenvalue weighted by Gasteiger charge is 2.20. The lowest BCUT2D eigenvalue weighted by Gasteiger charge is -2.03. The maximum atomic E-state index is 12.2. The van der Waals surface area contributed by atoms with Crippen molar-refractivity contribution < 1.29 is 22.4 Å². The van der Waals surface area contributed by atoms with Crippen LogP contribution in [0, 0.1) is 0 Å². The monoisotopic (exact) mass is 373 g/mol. The second kappa shape index (κ2) is 7.36. The molecule has 9 heteroatoms. The van der Waals surface area contributed by atoms with Crippen molar-refractivity contribution >= 4 is 21.8 Å². The van der Waals surface area contributed by atoms with Crippen molar-refractivity contribution in [2.45, 2.75) is 4.90 Å². The van der Waals surface area contributed by atoms with E-state index in [2.05, 4.69) is 15.5 Å². The van der Waals surface area contributed by atoms with Gasteiger partial charge >= 0.3 is 6.01 Å². The Morgan fingerprint density at radius 1 is 1.08 bits per heavy atom. The Hall–Kier alpha value is -3.20. The first-order valence-electron chi connectivity index (χ1n) is 7.53. The van der Waals surface area contributed by atoms with Crippen molar-refractivity contribution in [3.05, 3.63) is 54.6 Å². The van der Waals surface area contributed by atoms with Crippen LogP contribution in [0.15, 0.2) is 63.9 Å². The predicted molar refractivity (Wildman–Crippen MR) is 93.4 cm³/mol. The van der Waals surface area contributed by atoms with Crippen LogP contribution in [-0.2, 0) is 14.6 Å². The number of carbonyl (C=O) groups is 1. The van der Waals surface area contributed by atoms with E-state index < -0.39 is 21.5 Å². The fourth-order valence-corrected chi connectivity index (χ4v) is 3.32. The lowest BCUT2D eigenvalue weighted by Crippen LogP contribution is -2.23. The number of hydrogen-bond donors (Lipinski definition) is 1. The summed E-state index contributed by atoms with van der Waals surface area (Å²) in [6.45, 7) is 0. The number of hydrogen-bond acceptors (Lipinski definition) is 7. The van der Waals surface area contributed by atoms with Gasteiger partial charge in [0.05, 0.1) is 12.0 Å². The number of sulfone groups is 1. The first kappa shape index (κ1) is 17.6. The van der Waals surface area contributed by atoms with Crippen LogP contribution in [0.1, 0.15) is 0 Å². The molecule has 3 aromatic rings. The molecule has 8 nitrogen and oxygen atoms in total. The Balaban J connectivity index is 1.68. The van der Waals surface area contributed by atoms with Gasteiger partial charge in [-0.15, -0.1) is 5.10 Å². The van der Waals surface area contributed by atoms with Crippen molar-refractivity contribution in [1.29, 1.82) is 0 Å². The number of amides is 1. The Morgan fingerprint density at radius 2 is 1.77 bits per heavy atom. The highest BCUT2D eigenvalue weighted by atomic mass is 32.2. The summed E-state index contributed by atoms with van der Waals surface area (Å²) in [7, 11) is -2.19. The quantitative estimate of drug-likeness (QED) is 0.704. The van der Waals surface area contributed by atoms with Gasteiger partial charge in [0.2, 0.25) is 11.8 Å². The van der Waals surface area contributed by atoms with Gasteiger partial charge in [0.1, 0.15) is 11.5 Å². The Bertz CT molecular complexity index is 998. The summed E-state index contributed by atoms with van der Waals surface area (Å²) in [5, 5.41) is 9.83. The zero-order valence-electron chi connectivity index (χ0n) is 13.7. The fraction of sp³-hybridized carbons (Fsp3) is 0.118. The van der Waals surface area contributed by atoms with E-state index in [0.717, 1.165) is 0 Å². The van der Waals surface area contributed by atoms with Crippen LogP contribution in [0.3, 0.4) is 0 Å². The molecule has 1 amide bonds. The molecule has 0 saturated heterocycles. The number of ether oxygens (including phenoxy) is 1. The lowest BCUT2D eigenvalue weighted by molar-refractivity contribution is -0.114. The molecule has 0 aliphatic rings. The molecule has 134 valence electrons. The summed E-state index contributed by atoms with van der Waals surface area (Å²) in [4.78, 5) is 12.1. The summed E-state index contributed by atoms with van der Waals surface area (Å²) in [5.74, 6) is -0.627. The SMILES string of the molecule is COc1ccc(-c2nnc(NC(=O)CS(=O)(=O)c3ccccc3)o2)cc1. The molecule has 0 saturated carbocycles. The number of nitrogens with zero attached hydrogens (tertiary/aromatic N) is 2. The second-order valence-corrected chi connectivity index (χ2v) is 7.25. The third-order valence-corrected chi connectivity index (χ3v) is 5.06. The van der Waals surface area contributed by atoms with Gasteiger partial charge in [-0.25, -0.2) is 8.42 Å². The van der Waals surface area contributed by atoms with Crippen LogP contribution < -0.4 is 10.1 Å². The number of benzene rings is 2. The molecule has 1 N–H and O–H groups in total. The van der Waals surface area contributed by atoms with E-state index in [1.807, 2.05) is 0 Å².